The summed E-state index contributed by atoms with van der Waals surface area (Å²) in [5, 5.41) is 1.70. The number of esters is 1. The van der Waals surface area contributed by atoms with Crippen LogP contribution in [0.3, 0.4) is 0 Å². The van der Waals surface area contributed by atoms with Crippen LogP contribution in [-0.4, -0.2) is 31.2 Å². The monoisotopic (exact) mass is 269 g/mol. The lowest BCUT2D eigenvalue weighted by molar-refractivity contribution is -0.159. The molecule has 0 bridgehead atoms. The first-order chi connectivity index (χ1) is 7.99. The van der Waals surface area contributed by atoms with Gasteiger partial charge < -0.3 is 10.1 Å². The molecule has 0 heterocycles. The highest BCUT2D eigenvalue weighted by Gasteiger charge is 2.40. The van der Waals surface area contributed by atoms with Crippen LogP contribution < -0.4 is 5.32 Å². The van der Waals surface area contributed by atoms with Gasteiger partial charge in [-0.05, 0) is 12.3 Å². The normalized spacial score (nSPS) is 13.9. The lowest BCUT2D eigenvalue weighted by Gasteiger charge is -2.27. The Morgan fingerprint density at radius 3 is 2.06 bits per heavy atom. The van der Waals surface area contributed by atoms with Crippen LogP contribution in [0, 0.1) is 11.3 Å². The van der Waals surface area contributed by atoms with Crippen molar-refractivity contribution < 1.29 is 27.5 Å². The van der Waals surface area contributed by atoms with Gasteiger partial charge in [0.1, 0.15) is 12.5 Å². The molecule has 106 valence electrons. The molecule has 18 heavy (non-hydrogen) atoms. The number of carbonyl (C=O) groups excluding carboxylic acids is 2. The second-order valence-corrected chi connectivity index (χ2v) is 4.88. The van der Waals surface area contributed by atoms with Crippen LogP contribution in [0.4, 0.5) is 13.2 Å². The minimum Gasteiger partial charge on any atom is -0.465 e. The highest BCUT2D eigenvalue weighted by molar-refractivity contribution is 5.98. The van der Waals surface area contributed by atoms with E-state index in [2.05, 4.69) is 0 Å². The molecule has 0 aromatic rings. The summed E-state index contributed by atoms with van der Waals surface area (Å²) in [6, 6.07) is 0. The number of nitrogens with one attached hydrogen (secondary N) is 1. The van der Waals surface area contributed by atoms with E-state index in [1.165, 1.54) is 0 Å². The summed E-state index contributed by atoms with van der Waals surface area (Å²) in [6.07, 6.45) is -4.51. The maximum absolute atomic E-state index is 12.0. The van der Waals surface area contributed by atoms with Crippen LogP contribution in [0.5, 0.6) is 0 Å². The zero-order valence-corrected chi connectivity index (χ0v) is 10.9. The molecule has 0 aromatic carbocycles. The second-order valence-electron chi connectivity index (χ2n) is 4.88. The summed E-state index contributed by atoms with van der Waals surface area (Å²) in [7, 11) is 0. The lowest BCUT2D eigenvalue weighted by atomic mass is 9.80. The number of halogens is 3. The molecular formula is C11H18F3NO3. The van der Waals surface area contributed by atoms with Crippen LogP contribution in [0.1, 0.15) is 27.7 Å². The zero-order chi connectivity index (χ0) is 14.6. The van der Waals surface area contributed by atoms with Gasteiger partial charge in [-0.25, -0.2) is 0 Å². The molecule has 0 saturated carbocycles. The Hall–Kier alpha value is -1.27. The summed E-state index contributed by atoms with van der Waals surface area (Å²) in [4.78, 5) is 23.2. The van der Waals surface area contributed by atoms with E-state index in [1.807, 2.05) is 0 Å². The van der Waals surface area contributed by atoms with E-state index in [1.54, 1.807) is 33.0 Å². The first-order valence-corrected chi connectivity index (χ1v) is 5.50. The number of rotatable bonds is 4. The van der Waals surface area contributed by atoms with E-state index < -0.39 is 35.9 Å². The number of alkyl halides is 3. The molecule has 1 N–H and O–H groups in total. The first-order valence-electron chi connectivity index (χ1n) is 5.50. The Kier molecular flexibility index (Phi) is 5.63. The van der Waals surface area contributed by atoms with Gasteiger partial charge in [0.15, 0.2) is 0 Å². The van der Waals surface area contributed by atoms with E-state index >= 15 is 0 Å². The molecule has 0 radical (unpaired) electrons. The second kappa shape index (κ2) is 6.06. The summed E-state index contributed by atoms with van der Waals surface area (Å²) < 4.78 is 40.7. The Morgan fingerprint density at radius 2 is 1.72 bits per heavy atom. The zero-order valence-electron chi connectivity index (χ0n) is 10.9. The molecule has 1 amide bonds. The van der Waals surface area contributed by atoms with Crippen molar-refractivity contribution in [1.29, 1.82) is 0 Å². The number of hydrogen-bond donors (Lipinski definition) is 1. The summed E-state index contributed by atoms with van der Waals surface area (Å²) >= 11 is 0. The average Bonchev–Trinajstić information content (AvgIpc) is 2.11. The number of ether oxygens (including phenoxy) is 1. The Balaban J connectivity index is 4.78. The molecule has 0 aliphatic rings. The molecule has 1 atom stereocenters. The van der Waals surface area contributed by atoms with Crippen molar-refractivity contribution >= 4 is 11.9 Å². The molecule has 0 aliphatic heterocycles. The molecule has 0 rings (SSSR count). The molecule has 1 unspecified atom stereocenters. The van der Waals surface area contributed by atoms with Gasteiger partial charge in [-0.2, -0.15) is 13.2 Å². The minimum absolute atomic E-state index is 0.0674. The SMILES string of the molecule is CCOC(=O)C(C(=O)NCC(F)(F)F)C(C)(C)C. The maximum Gasteiger partial charge on any atom is 0.405 e. The van der Waals surface area contributed by atoms with Crippen molar-refractivity contribution in [3.05, 3.63) is 0 Å². The molecule has 0 aromatic heterocycles. The summed E-state index contributed by atoms with van der Waals surface area (Å²) in [5.74, 6) is -3.05. The smallest absolute Gasteiger partial charge is 0.405 e. The van der Waals surface area contributed by atoms with E-state index in [0.29, 0.717) is 0 Å². The summed E-state index contributed by atoms with van der Waals surface area (Å²) in [5.41, 5.74) is -0.818. The third-order valence-electron chi connectivity index (χ3n) is 2.11. The van der Waals surface area contributed by atoms with Gasteiger partial charge in [-0.1, -0.05) is 20.8 Å². The number of carbonyl (C=O) groups is 2. The quantitative estimate of drug-likeness (QED) is 0.626. The minimum atomic E-state index is -4.51. The van der Waals surface area contributed by atoms with Gasteiger partial charge in [-0.3, -0.25) is 9.59 Å². The van der Waals surface area contributed by atoms with Gasteiger partial charge in [0.2, 0.25) is 5.91 Å². The maximum atomic E-state index is 12.0. The van der Waals surface area contributed by atoms with Crippen LogP contribution in [-0.2, 0) is 14.3 Å². The number of amides is 1. The Labute approximate surface area is 104 Å². The standard InChI is InChI=1S/C11H18F3NO3/c1-5-18-9(17)7(10(2,3)4)8(16)15-6-11(12,13)14/h7H,5-6H2,1-4H3,(H,15,16). The molecule has 4 nitrogen and oxygen atoms in total. The van der Waals surface area contributed by atoms with Gasteiger partial charge in [0.05, 0.1) is 6.61 Å². The molecule has 7 heteroatoms. The van der Waals surface area contributed by atoms with Gasteiger partial charge in [0, 0.05) is 0 Å². The van der Waals surface area contributed by atoms with Crippen LogP contribution >= 0.6 is 0 Å². The predicted octanol–water partition coefficient (Wildman–Crippen LogP) is 1.89. The molecule has 0 spiro atoms. The van der Waals surface area contributed by atoms with E-state index in [4.69, 9.17) is 4.74 Å². The van der Waals surface area contributed by atoms with Crippen LogP contribution in [0.25, 0.3) is 0 Å². The lowest BCUT2D eigenvalue weighted by Crippen LogP contribution is -2.46. The molecule has 0 saturated heterocycles. The third kappa shape index (κ3) is 5.88. The van der Waals surface area contributed by atoms with E-state index in [0.717, 1.165) is 0 Å². The highest BCUT2D eigenvalue weighted by atomic mass is 19.4. The fourth-order valence-corrected chi connectivity index (χ4v) is 1.37. The fourth-order valence-electron chi connectivity index (χ4n) is 1.37. The van der Waals surface area contributed by atoms with Gasteiger partial charge in [-0.15, -0.1) is 0 Å². The molecule has 0 aliphatic carbocycles. The van der Waals surface area contributed by atoms with Crippen molar-refractivity contribution in [3.8, 4) is 0 Å². The van der Waals surface area contributed by atoms with Gasteiger partial charge >= 0.3 is 12.1 Å². The predicted molar refractivity (Wildman–Crippen MR) is 58.6 cm³/mol. The summed E-state index contributed by atoms with van der Waals surface area (Å²) in [6.45, 7) is 4.92. The topological polar surface area (TPSA) is 55.4 Å². The first kappa shape index (κ1) is 16.7. The average molecular weight is 269 g/mol. The Morgan fingerprint density at radius 1 is 1.22 bits per heavy atom. The number of hydrogen-bond acceptors (Lipinski definition) is 3. The van der Waals surface area contributed by atoms with Crippen molar-refractivity contribution in [2.45, 2.75) is 33.9 Å². The van der Waals surface area contributed by atoms with Crippen molar-refractivity contribution in [2.75, 3.05) is 13.2 Å². The van der Waals surface area contributed by atoms with Gasteiger partial charge in [0.25, 0.3) is 0 Å². The van der Waals surface area contributed by atoms with Crippen molar-refractivity contribution in [2.24, 2.45) is 11.3 Å². The molecule has 0 fully saturated rings. The Bertz CT molecular complexity index is 308. The highest BCUT2D eigenvalue weighted by Crippen LogP contribution is 2.27. The molecular weight excluding hydrogens is 251 g/mol. The van der Waals surface area contributed by atoms with Crippen LogP contribution in [0.2, 0.25) is 0 Å². The fraction of sp³-hybridized carbons (Fsp3) is 0.818. The van der Waals surface area contributed by atoms with Crippen molar-refractivity contribution in [1.82, 2.24) is 5.32 Å². The van der Waals surface area contributed by atoms with Crippen LogP contribution in [0.15, 0.2) is 0 Å². The third-order valence-corrected chi connectivity index (χ3v) is 2.11. The van der Waals surface area contributed by atoms with E-state index in [9.17, 15) is 22.8 Å². The largest absolute Gasteiger partial charge is 0.465 e. The van der Waals surface area contributed by atoms with Crippen molar-refractivity contribution in [3.63, 3.8) is 0 Å². The van der Waals surface area contributed by atoms with E-state index in [-0.39, 0.29) is 6.61 Å².